The number of sulfonamides is 1. The summed E-state index contributed by atoms with van der Waals surface area (Å²) in [5.74, 6) is -0.575. The maximum Gasteiger partial charge on any atom is 0.262 e. The minimum atomic E-state index is -3.80. The number of anilines is 1. The molecule has 0 saturated carbocycles. The molecule has 0 radical (unpaired) electrons. The van der Waals surface area contributed by atoms with Gasteiger partial charge in [0, 0.05) is 4.90 Å². The fourth-order valence-corrected chi connectivity index (χ4v) is 3.75. The second-order valence-electron chi connectivity index (χ2n) is 4.22. The van der Waals surface area contributed by atoms with Gasteiger partial charge in [0.05, 0.1) is 10.6 Å². The standard InChI is InChI=1S/C14H14FNO2S2/c1-10-7-8-11(15)9-14(10)20(17,18)16-12-5-3-4-6-13(12)19-2/h3-9,16H,1-2H3. The Balaban J connectivity index is 2.43. The van der Waals surface area contributed by atoms with E-state index in [0.29, 0.717) is 11.3 Å². The fourth-order valence-electron chi connectivity index (χ4n) is 1.79. The summed E-state index contributed by atoms with van der Waals surface area (Å²) in [6, 6.07) is 10.8. The molecule has 6 heteroatoms. The van der Waals surface area contributed by atoms with E-state index in [9.17, 15) is 12.8 Å². The lowest BCUT2D eigenvalue weighted by molar-refractivity contribution is 0.594. The van der Waals surface area contributed by atoms with Gasteiger partial charge in [0.15, 0.2) is 0 Å². The highest BCUT2D eigenvalue weighted by Crippen LogP contribution is 2.27. The smallest absolute Gasteiger partial charge is 0.262 e. The van der Waals surface area contributed by atoms with Gasteiger partial charge in [0.2, 0.25) is 0 Å². The van der Waals surface area contributed by atoms with Crippen LogP contribution in [-0.4, -0.2) is 14.7 Å². The van der Waals surface area contributed by atoms with Gasteiger partial charge in [-0.15, -0.1) is 11.8 Å². The molecule has 0 bridgehead atoms. The Morgan fingerprint density at radius 3 is 2.55 bits per heavy atom. The molecule has 3 nitrogen and oxygen atoms in total. The highest BCUT2D eigenvalue weighted by Gasteiger charge is 2.18. The second-order valence-corrected chi connectivity index (χ2v) is 6.71. The van der Waals surface area contributed by atoms with Crippen LogP contribution in [0.4, 0.5) is 10.1 Å². The average molecular weight is 311 g/mol. The van der Waals surface area contributed by atoms with E-state index in [0.717, 1.165) is 11.0 Å². The van der Waals surface area contributed by atoms with Gasteiger partial charge in [0.1, 0.15) is 5.82 Å². The van der Waals surface area contributed by atoms with E-state index in [1.165, 1.54) is 23.9 Å². The molecule has 2 aromatic rings. The molecule has 0 aliphatic heterocycles. The monoisotopic (exact) mass is 311 g/mol. The fraction of sp³-hybridized carbons (Fsp3) is 0.143. The van der Waals surface area contributed by atoms with Gasteiger partial charge in [-0.3, -0.25) is 4.72 Å². The third-order valence-electron chi connectivity index (χ3n) is 2.79. The number of hydrogen-bond donors (Lipinski definition) is 1. The quantitative estimate of drug-likeness (QED) is 0.877. The number of benzene rings is 2. The summed E-state index contributed by atoms with van der Waals surface area (Å²) in [7, 11) is -3.80. The topological polar surface area (TPSA) is 46.2 Å². The van der Waals surface area contributed by atoms with Crippen molar-refractivity contribution in [2.24, 2.45) is 0 Å². The number of rotatable bonds is 4. The van der Waals surface area contributed by atoms with Gasteiger partial charge in [-0.1, -0.05) is 18.2 Å². The zero-order chi connectivity index (χ0) is 14.8. The maximum atomic E-state index is 13.3. The molecule has 2 rings (SSSR count). The lowest BCUT2D eigenvalue weighted by Gasteiger charge is -2.12. The van der Waals surface area contributed by atoms with Crippen LogP contribution in [0, 0.1) is 12.7 Å². The van der Waals surface area contributed by atoms with E-state index in [1.54, 1.807) is 19.1 Å². The summed E-state index contributed by atoms with van der Waals surface area (Å²) >= 11 is 1.44. The zero-order valence-electron chi connectivity index (χ0n) is 11.1. The molecule has 2 aromatic carbocycles. The van der Waals surface area contributed by atoms with Gasteiger partial charge in [0.25, 0.3) is 10.0 Å². The number of aryl methyl sites for hydroxylation is 1. The van der Waals surface area contributed by atoms with Crippen LogP contribution in [0.15, 0.2) is 52.3 Å². The number of thioether (sulfide) groups is 1. The van der Waals surface area contributed by atoms with Crippen LogP contribution in [0.1, 0.15) is 5.56 Å². The third kappa shape index (κ3) is 3.13. The molecule has 0 aromatic heterocycles. The van der Waals surface area contributed by atoms with E-state index in [2.05, 4.69) is 4.72 Å². The van der Waals surface area contributed by atoms with Gasteiger partial charge in [-0.2, -0.15) is 0 Å². The molecule has 0 spiro atoms. The summed E-state index contributed by atoms with van der Waals surface area (Å²) in [6.07, 6.45) is 1.86. The van der Waals surface area contributed by atoms with E-state index < -0.39 is 15.8 Å². The Bertz CT molecular complexity index is 730. The van der Waals surface area contributed by atoms with Crippen LogP contribution >= 0.6 is 11.8 Å². The van der Waals surface area contributed by atoms with Gasteiger partial charge in [-0.05, 0) is 43.0 Å². The predicted octanol–water partition coefficient (Wildman–Crippen LogP) is 3.66. The first-order valence-corrected chi connectivity index (χ1v) is 8.57. The predicted molar refractivity (Wildman–Crippen MR) is 80.2 cm³/mol. The Morgan fingerprint density at radius 1 is 1.15 bits per heavy atom. The van der Waals surface area contributed by atoms with Crippen molar-refractivity contribution >= 4 is 27.5 Å². The first-order chi connectivity index (χ1) is 9.44. The Labute approximate surface area is 122 Å². The van der Waals surface area contributed by atoms with Crippen molar-refractivity contribution in [2.45, 2.75) is 16.7 Å². The van der Waals surface area contributed by atoms with Gasteiger partial charge in [-0.25, -0.2) is 12.8 Å². The van der Waals surface area contributed by atoms with Crippen molar-refractivity contribution in [1.82, 2.24) is 0 Å². The highest BCUT2D eigenvalue weighted by atomic mass is 32.2. The molecule has 20 heavy (non-hydrogen) atoms. The highest BCUT2D eigenvalue weighted by molar-refractivity contribution is 7.99. The Kier molecular flexibility index (Phi) is 4.35. The van der Waals surface area contributed by atoms with Crippen molar-refractivity contribution in [2.75, 3.05) is 11.0 Å². The third-order valence-corrected chi connectivity index (χ3v) is 5.09. The Hall–Kier alpha value is -1.53. The summed E-state index contributed by atoms with van der Waals surface area (Å²) < 4.78 is 40.5. The normalized spacial score (nSPS) is 11.3. The molecule has 0 atom stereocenters. The van der Waals surface area contributed by atoms with Gasteiger partial charge >= 0.3 is 0 Å². The Morgan fingerprint density at radius 2 is 1.85 bits per heavy atom. The summed E-state index contributed by atoms with van der Waals surface area (Å²) in [4.78, 5) is 0.763. The van der Waals surface area contributed by atoms with Crippen LogP contribution in [0.2, 0.25) is 0 Å². The molecule has 0 aliphatic carbocycles. The van der Waals surface area contributed by atoms with Gasteiger partial charge < -0.3 is 0 Å². The van der Waals surface area contributed by atoms with Crippen LogP contribution < -0.4 is 4.72 Å². The lowest BCUT2D eigenvalue weighted by atomic mass is 10.2. The summed E-state index contributed by atoms with van der Waals surface area (Å²) in [5.41, 5.74) is 0.990. The lowest BCUT2D eigenvalue weighted by Crippen LogP contribution is -2.15. The molecule has 0 saturated heterocycles. The first-order valence-electron chi connectivity index (χ1n) is 5.86. The van der Waals surface area contributed by atoms with Crippen LogP contribution in [-0.2, 0) is 10.0 Å². The molecule has 0 amide bonds. The maximum absolute atomic E-state index is 13.3. The minimum absolute atomic E-state index is 0.0478. The van der Waals surface area contributed by atoms with Crippen molar-refractivity contribution < 1.29 is 12.8 Å². The van der Waals surface area contributed by atoms with Crippen LogP contribution in [0.3, 0.4) is 0 Å². The molecule has 0 aliphatic rings. The molecular formula is C14H14FNO2S2. The zero-order valence-corrected chi connectivity index (χ0v) is 12.7. The SMILES string of the molecule is CSc1ccccc1NS(=O)(=O)c1cc(F)ccc1C. The van der Waals surface area contributed by atoms with Crippen molar-refractivity contribution in [3.63, 3.8) is 0 Å². The van der Waals surface area contributed by atoms with Crippen LogP contribution in [0.5, 0.6) is 0 Å². The molecule has 1 N–H and O–H groups in total. The number of para-hydroxylation sites is 1. The molecule has 0 unspecified atom stereocenters. The first kappa shape index (κ1) is 14.9. The second kappa shape index (κ2) is 5.85. The van der Waals surface area contributed by atoms with E-state index in [4.69, 9.17) is 0 Å². The van der Waals surface area contributed by atoms with E-state index >= 15 is 0 Å². The molecule has 106 valence electrons. The molecular weight excluding hydrogens is 297 g/mol. The summed E-state index contributed by atoms with van der Waals surface area (Å²) in [6.45, 7) is 1.63. The van der Waals surface area contributed by atoms with Crippen molar-refractivity contribution in [3.05, 3.63) is 53.8 Å². The van der Waals surface area contributed by atoms with E-state index in [1.807, 2.05) is 18.4 Å². The van der Waals surface area contributed by atoms with Crippen LogP contribution in [0.25, 0.3) is 0 Å². The minimum Gasteiger partial charge on any atom is -0.278 e. The van der Waals surface area contributed by atoms with Crippen molar-refractivity contribution in [3.8, 4) is 0 Å². The largest absolute Gasteiger partial charge is 0.278 e. The van der Waals surface area contributed by atoms with Crippen molar-refractivity contribution in [1.29, 1.82) is 0 Å². The number of hydrogen-bond acceptors (Lipinski definition) is 3. The number of halogens is 1. The number of nitrogens with one attached hydrogen (secondary N) is 1. The molecule has 0 fully saturated rings. The summed E-state index contributed by atoms with van der Waals surface area (Å²) in [5, 5.41) is 0. The molecule has 0 heterocycles. The van der Waals surface area contributed by atoms with E-state index in [-0.39, 0.29) is 4.90 Å². The average Bonchev–Trinajstić information content (AvgIpc) is 2.41.